The summed E-state index contributed by atoms with van der Waals surface area (Å²) in [6, 6.07) is 13.9. The number of amides is 2. The van der Waals surface area contributed by atoms with Crippen LogP contribution >= 0.6 is 0 Å². The maximum absolute atomic E-state index is 12.3. The van der Waals surface area contributed by atoms with E-state index in [9.17, 15) is 4.79 Å². The molecule has 1 N–H and O–H groups in total. The highest BCUT2D eigenvalue weighted by Gasteiger charge is 2.24. The fraction of sp³-hybridized carbons (Fsp3) is 0.368. The van der Waals surface area contributed by atoms with Crippen LogP contribution in [0.1, 0.15) is 18.4 Å². The number of ether oxygens (including phenoxy) is 1. The molecule has 1 atom stereocenters. The number of piperidine rings is 1. The van der Waals surface area contributed by atoms with Gasteiger partial charge in [0.15, 0.2) is 0 Å². The fourth-order valence-corrected chi connectivity index (χ4v) is 2.90. The average Bonchev–Trinajstić information content (AvgIpc) is 2.64. The minimum Gasteiger partial charge on any atom is -0.488 e. The van der Waals surface area contributed by atoms with E-state index >= 15 is 0 Å². The third kappa shape index (κ3) is 4.72. The zero-order valence-electron chi connectivity index (χ0n) is 13.7. The van der Waals surface area contributed by atoms with Crippen molar-refractivity contribution in [2.75, 3.05) is 19.6 Å². The van der Waals surface area contributed by atoms with Gasteiger partial charge >= 0.3 is 6.03 Å². The predicted molar refractivity (Wildman–Crippen MR) is 93.0 cm³/mol. The second-order valence-electron chi connectivity index (χ2n) is 5.98. The summed E-state index contributed by atoms with van der Waals surface area (Å²) in [7, 11) is 0. The summed E-state index contributed by atoms with van der Waals surface area (Å²) < 4.78 is 5.95. The van der Waals surface area contributed by atoms with Crippen molar-refractivity contribution in [3.63, 3.8) is 0 Å². The minimum atomic E-state index is -0.00559. The Labute approximate surface area is 142 Å². The zero-order chi connectivity index (χ0) is 16.6. The number of aromatic nitrogens is 1. The third-order valence-corrected chi connectivity index (χ3v) is 4.15. The molecule has 126 valence electrons. The molecular weight excluding hydrogens is 302 g/mol. The largest absolute Gasteiger partial charge is 0.488 e. The third-order valence-electron chi connectivity index (χ3n) is 4.15. The quantitative estimate of drug-likeness (QED) is 0.920. The van der Waals surface area contributed by atoms with Crippen molar-refractivity contribution < 1.29 is 9.53 Å². The molecule has 1 aliphatic rings. The molecule has 1 aliphatic heterocycles. The molecular formula is C19H23N3O2. The Balaban J connectivity index is 1.44. The Morgan fingerprint density at radius 3 is 2.79 bits per heavy atom. The number of hydrogen-bond donors (Lipinski definition) is 1. The van der Waals surface area contributed by atoms with Gasteiger partial charge in [0, 0.05) is 25.5 Å². The monoisotopic (exact) mass is 325 g/mol. The van der Waals surface area contributed by atoms with E-state index < -0.39 is 0 Å². The van der Waals surface area contributed by atoms with E-state index in [0.29, 0.717) is 13.1 Å². The molecule has 5 nitrogen and oxygen atoms in total. The van der Waals surface area contributed by atoms with Gasteiger partial charge in [0.1, 0.15) is 11.9 Å². The van der Waals surface area contributed by atoms with Crippen LogP contribution in [0.4, 0.5) is 4.79 Å². The van der Waals surface area contributed by atoms with Crippen LogP contribution in [0.5, 0.6) is 5.75 Å². The number of urea groups is 1. The molecule has 3 rings (SSSR count). The fourth-order valence-electron chi connectivity index (χ4n) is 2.90. The first-order chi connectivity index (χ1) is 11.8. The maximum Gasteiger partial charge on any atom is 0.317 e. The molecule has 2 aromatic rings. The van der Waals surface area contributed by atoms with Crippen LogP contribution in [0.2, 0.25) is 0 Å². The van der Waals surface area contributed by atoms with Crippen molar-refractivity contribution in [1.29, 1.82) is 0 Å². The lowest BCUT2D eigenvalue weighted by Gasteiger charge is -2.32. The molecule has 1 aromatic heterocycles. The predicted octanol–water partition coefficient (Wildman–Crippen LogP) is 2.88. The van der Waals surface area contributed by atoms with Gasteiger partial charge in [0.25, 0.3) is 0 Å². The van der Waals surface area contributed by atoms with Crippen molar-refractivity contribution in [1.82, 2.24) is 15.2 Å². The van der Waals surface area contributed by atoms with E-state index in [1.807, 2.05) is 35.2 Å². The highest BCUT2D eigenvalue weighted by Crippen LogP contribution is 2.17. The van der Waals surface area contributed by atoms with Crippen molar-refractivity contribution in [3.8, 4) is 5.75 Å². The van der Waals surface area contributed by atoms with Gasteiger partial charge in [0.05, 0.1) is 6.54 Å². The molecule has 0 bridgehead atoms. The van der Waals surface area contributed by atoms with Crippen LogP contribution < -0.4 is 10.1 Å². The summed E-state index contributed by atoms with van der Waals surface area (Å²) in [6.45, 7) is 2.06. The van der Waals surface area contributed by atoms with Gasteiger partial charge in [-0.15, -0.1) is 0 Å². The lowest BCUT2D eigenvalue weighted by Crippen LogP contribution is -2.48. The van der Waals surface area contributed by atoms with Gasteiger partial charge in [0.2, 0.25) is 0 Å². The number of nitrogens with zero attached hydrogens (tertiary/aromatic N) is 2. The van der Waals surface area contributed by atoms with Crippen LogP contribution in [0.25, 0.3) is 0 Å². The van der Waals surface area contributed by atoms with Crippen molar-refractivity contribution in [2.24, 2.45) is 0 Å². The summed E-state index contributed by atoms with van der Waals surface area (Å²) in [5.41, 5.74) is 1.23. The number of nitrogens with one attached hydrogen (secondary N) is 1. The standard InChI is InChI=1S/C19H23N3O2/c23-19(21-13-8-16-5-2-1-3-6-16)22-14-4-7-18(15-22)24-17-9-11-20-12-10-17/h1-3,5-6,9-12,18H,4,7-8,13-15H2,(H,21,23)/t18-/m0/s1. The summed E-state index contributed by atoms with van der Waals surface area (Å²) in [6.07, 6.45) is 6.24. The van der Waals surface area contributed by atoms with Gasteiger partial charge < -0.3 is 15.0 Å². The zero-order valence-corrected chi connectivity index (χ0v) is 13.7. The Kier molecular flexibility index (Phi) is 5.66. The van der Waals surface area contributed by atoms with Crippen molar-refractivity contribution in [3.05, 3.63) is 60.4 Å². The van der Waals surface area contributed by atoms with E-state index in [-0.39, 0.29) is 12.1 Å². The molecule has 2 amide bonds. The summed E-state index contributed by atoms with van der Waals surface area (Å²) in [5, 5.41) is 3.01. The summed E-state index contributed by atoms with van der Waals surface area (Å²) in [4.78, 5) is 18.2. The first-order valence-corrected chi connectivity index (χ1v) is 8.44. The first kappa shape index (κ1) is 16.3. The van der Waals surface area contributed by atoms with E-state index in [4.69, 9.17) is 4.74 Å². The number of pyridine rings is 1. The normalized spacial score (nSPS) is 17.3. The highest BCUT2D eigenvalue weighted by molar-refractivity contribution is 5.74. The van der Waals surface area contributed by atoms with Crippen LogP contribution in [0, 0.1) is 0 Å². The van der Waals surface area contributed by atoms with Gasteiger partial charge in [-0.2, -0.15) is 0 Å². The van der Waals surface area contributed by atoms with Crippen molar-refractivity contribution >= 4 is 6.03 Å². The van der Waals surface area contributed by atoms with E-state index in [1.165, 1.54) is 5.56 Å². The molecule has 2 heterocycles. The number of carbonyl (C=O) groups is 1. The minimum absolute atomic E-state index is 0.00559. The molecule has 5 heteroatoms. The summed E-state index contributed by atoms with van der Waals surface area (Å²) in [5.74, 6) is 0.807. The number of carbonyl (C=O) groups excluding carboxylic acids is 1. The molecule has 0 aliphatic carbocycles. The second kappa shape index (κ2) is 8.34. The second-order valence-corrected chi connectivity index (χ2v) is 5.98. The van der Waals surface area contributed by atoms with E-state index in [1.54, 1.807) is 12.4 Å². The Morgan fingerprint density at radius 1 is 1.21 bits per heavy atom. The highest BCUT2D eigenvalue weighted by atomic mass is 16.5. The lowest BCUT2D eigenvalue weighted by molar-refractivity contribution is 0.101. The van der Waals surface area contributed by atoms with Crippen LogP contribution in [0.3, 0.4) is 0 Å². The molecule has 1 aromatic carbocycles. The number of likely N-dealkylation sites (tertiary alicyclic amines) is 1. The van der Waals surface area contributed by atoms with Gasteiger partial charge in [-0.1, -0.05) is 30.3 Å². The average molecular weight is 325 g/mol. The maximum atomic E-state index is 12.3. The molecule has 0 radical (unpaired) electrons. The Morgan fingerprint density at radius 2 is 2.00 bits per heavy atom. The van der Waals surface area contributed by atoms with Crippen LogP contribution in [-0.2, 0) is 6.42 Å². The smallest absolute Gasteiger partial charge is 0.317 e. The lowest BCUT2D eigenvalue weighted by atomic mass is 10.1. The molecule has 0 spiro atoms. The number of rotatable bonds is 5. The molecule has 0 unspecified atom stereocenters. The van der Waals surface area contributed by atoms with Gasteiger partial charge in [-0.25, -0.2) is 4.79 Å². The summed E-state index contributed by atoms with van der Waals surface area (Å²) >= 11 is 0. The first-order valence-electron chi connectivity index (χ1n) is 8.44. The molecule has 0 saturated carbocycles. The van der Waals surface area contributed by atoms with E-state index in [2.05, 4.69) is 22.4 Å². The SMILES string of the molecule is O=C(NCCc1ccccc1)N1CCC[C@H](Oc2ccncc2)C1. The van der Waals surface area contributed by atoms with Crippen LogP contribution in [0.15, 0.2) is 54.9 Å². The Bertz CT molecular complexity index is 634. The topological polar surface area (TPSA) is 54.5 Å². The van der Waals surface area contributed by atoms with E-state index in [0.717, 1.165) is 31.6 Å². The molecule has 1 saturated heterocycles. The Hall–Kier alpha value is -2.56. The van der Waals surface area contributed by atoms with Gasteiger partial charge in [-0.05, 0) is 37.0 Å². The number of hydrogen-bond acceptors (Lipinski definition) is 3. The van der Waals surface area contributed by atoms with Gasteiger partial charge in [-0.3, -0.25) is 4.98 Å². The number of benzene rings is 1. The molecule has 1 fully saturated rings. The molecule has 24 heavy (non-hydrogen) atoms. The van der Waals surface area contributed by atoms with Crippen LogP contribution in [-0.4, -0.2) is 41.7 Å². The van der Waals surface area contributed by atoms with Crippen molar-refractivity contribution in [2.45, 2.75) is 25.4 Å².